The van der Waals surface area contributed by atoms with Crippen molar-refractivity contribution in [1.82, 2.24) is 14.2 Å². The highest BCUT2D eigenvalue weighted by atomic mass is 16.5. The third kappa shape index (κ3) is 5.40. The minimum atomic E-state index is -0.718. The average Bonchev–Trinajstić information content (AvgIpc) is 3.43. The summed E-state index contributed by atoms with van der Waals surface area (Å²) in [6.45, 7) is 1.79. The summed E-state index contributed by atoms with van der Waals surface area (Å²) in [5.74, 6) is 1.12. The van der Waals surface area contributed by atoms with Crippen LogP contribution in [-0.4, -0.2) is 37.1 Å². The lowest BCUT2D eigenvalue weighted by atomic mass is 10.1. The van der Waals surface area contributed by atoms with Gasteiger partial charge in [0.2, 0.25) is 0 Å². The van der Waals surface area contributed by atoms with E-state index in [4.69, 9.17) is 9.47 Å². The van der Waals surface area contributed by atoms with Crippen LogP contribution < -0.4 is 15.4 Å². The monoisotopic (exact) mass is 524 g/mol. The quantitative estimate of drug-likeness (QED) is 0.208. The fraction of sp³-hybridized carbons (Fsp3) is 0.107. The molecule has 11 nitrogen and oxygen atoms in total. The highest BCUT2D eigenvalue weighted by molar-refractivity contribution is 5.92. The fourth-order valence-electron chi connectivity index (χ4n) is 4.05. The van der Waals surface area contributed by atoms with Crippen LogP contribution in [0, 0.1) is 18.3 Å². The molecule has 5 rings (SSSR count). The van der Waals surface area contributed by atoms with E-state index < -0.39 is 6.09 Å². The molecule has 0 aliphatic heterocycles. The molecule has 3 heterocycles. The van der Waals surface area contributed by atoms with Crippen molar-refractivity contribution in [3.8, 4) is 29.3 Å². The zero-order valence-corrected chi connectivity index (χ0v) is 20.8. The van der Waals surface area contributed by atoms with Crippen LogP contribution >= 0.6 is 0 Å². The third-order valence-corrected chi connectivity index (χ3v) is 6.00. The van der Waals surface area contributed by atoms with Gasteiger partial charge in [-0.05, 0) is 43.3 Å². The fourth-order valence-corrected chi connectivity index (χ4v) is 4.05. The van der Waals surface area contributed by atoms with E-state index in [1.165, 1.54) is 22.9 Å². The van der Waals surface area contributed by atoms with Gasteiger partial charge in [-0.15, -0.1) is 0 Å². The molecule has 0 aliphatic rings. The van der Waals surface area contributed by atoms with Gasteiger partial charge in [-0.3, -0.25) is 9.88 Å². The number of para-hydroxylation sites is 1. The van der Waals surface area contributed by atoms with Crippen LogP contribution in [-0.2, 0) is 11.3 Å². The topological polar surface area (TPSA) is 146 Å². The van der Waals surface area contributed by atoms with Crippen LogP contribution in [0.5, 0.6) is 23.3 Å². The molecule has 0 fully saturated rings. The van der Waals surface area contributed by atoms with Gasteiger partial charge in [0, 0.05) is 23.4 Å². The Morgan fingerprint density at radius 2 is 1.72 bits per heavy atom. The predicted molar refractivity (Wildman–Crippen MR) is 144 cm³/mol. The number of rotatable bonds is 8. The molecule has 3 aromatic heterocycles. The van der Waals surface area contributed by atoms with E-state index in [-0.39, 0.29) is 24.9 Å². The van der Waals surface area contributed by atoms with Crippen molar-refractivity contribution in [2.24, 2.45) is 0 Å². The molecule has 5 aromatic rings. The summed E-state index contributed by atoms with van der Waals surface area (Å²) in [5.41, 5.74) is 3.31. The van der Waals surface area contributed by atoms with Crippen LogP contribution in [0.4, 0.5) is 21.9 Å². The van der Waals surface area contributed by atoms with Gasteiger partial charge in [0.25, 0.3) is 0 Å². The Bertz CT molecular complexity index is 1650. The number of carbonyl (C=O) groups is 1. The number of fused-ring (bicyclic) bond motifs is 1. The van der Waals surface area contributed by atoms with Gasteiger partial charge >= 0.3 is 6.09 Å². The summed E-state index contributed by atoms with van der Waals surface area (Å²) in [6, 6.07) is 21.6. The predicted octanol–water partition coefficient (Wildman–Crippen LogP) is 5.51. The molecule has 2 aromatic carbocycles. The number of hydrogen-bond acceptors (Lipinski definition) is 8. The summed E-state index contributed by atoms with van der Waals surface area (Å²) in [7, 11) is 0. The number of ether oxygens (including phenoxy) is 2. The van der Waals surface area contributed by atoms with Gasteiger partial charge < -0.3 is 25.0 Å². The molecule has 0 spiro atoms. The number of nitrogens with one attached hydrogen (secondary N) is 2. The number of nitriles is 1. The molecule has 4 N–H and O–H groups in total. The van der Waals surface area contributed by atoms with Crippen molar-refractivity contribution in [3.05, 3.63) is 90.3 Å². The normalized spacial score (nSPS) is 10.7. The van der Waals surface area contributed by atoms with E-state index >= 15 is 0 Å². The number of anilines is 3. The number of aromatic nitrogens is 3. The minimum absolute atomic E-state index is 0.0745. The second kappa shape index (κ2) is 10.8. The zero-order chi connectivity index (χ0) is 27.4. The standard InChI is InChI=1S/C28H24N6O5/c1-18-23(32-28(37)38-14-13-33-24(35)11-12-25(33)36)17-34-27(18)26(19(15-29)16-30-34)31-20-7-9-22(10-8-20)39-21-5-3-2-4-6-21/h2-12,16-17,31,35-36H,13-14H2,1H3,(H,32,37). The first-order chi connectivity index (χ1) is 18.9. The lowest BCUT2D eigenvalue weighted by molar-refractivity contribution is 0.154. The van der Waals surface area contributed by atoms with Crippen LogP contribution in [0.15, 0.2) is 79.1 Å². The van der Waals surface area contributed by atoms with Gasteiger partial charge in [0.1, 0.15) is 24.2 Å². The maximum atomic E-state index is 12.4. The van der Waals surface area contributed by atoms with Crippen molar-refractivity contribution < 1.29 is 24.5 Å². The maximum Gasteiger partial charge on any atom is 0.411 e. The Balaban J connectivity index is 1.32. The number of benzene rings is 2. The Kier molecular flexibility index (Phi) is 6.92. The molecule has 0 atom stereocenters. The minimum Gasteiger partial charge on any atom is -0.494 e. The largest absolute Gasteiger partial charge is 0.494 e. The second-order valence-electron chi connectivity index (χ2n) is 8.53. The molecular formula is C28H24N6O5. The first kappa shape index (κ1) is 25.0. The summed E-state index contributed by atoms with van der Waals surface area (Å²) in [4.78, 5) is 12.4. The Hall–Kier alpha value is -5.63. The molecule has 0 unspecified atom stereocenters. The van der Waals surface area contributed by atoms with Crippen molar-refractivity contribution in [3.63, 3.8) is 0 Å². The first-order valence-electron chi connectivity index (χ1n) is 11.9. The molecule has 0 radical (unpaired) electrons. The van der Waals surface area contributed by atoms with Crippen LogP contribution in [0.1, 0.15) is 11.1 Å². The molecule has 196 valence electrons. The summed E-state index contributed by atoms with van der Waals surface area (Å²) in [5, 5.41) is 39.4. The van der Waals surface area contributed by atoms with Gasteiger partial charge in [-0.2, -0.15) is 10.4 Å². The average molecular weight is 525 g/mol. The number of nitrogens with zero attached hydrogens (tertiary/aromatic N) is 4. The van der Waals surface area contributed by atoms with Crippen LogP contribution in [0.25, 0.3) is 5.52 Å². The highest BCUT2D eigenvalue weighted by Crippen LogP contribution is 2.33. The van der Waals surface area contributed by atoms with E-state index in [2.05, 4.69) is 21.8 Å². The molecule has 11 heteroatoms. The smallest absolute Gasteiger partial charge is 0.411 e. The molecule has 0 aliphatic carbocycles. The van der Waals surface area contributed by atoms with Gasteiger partial charge in [0.05, 0.1) is 41.4 Å². The maximum absolute atomic E-state index is 12.4. The van der Waals surface area contributed by atoms with E-state index in [1.807, 2.05) is 54.6 Å². The van der Waals surface area contributed by atoms with Crippen molar-refractivity contribution >= 4 is 28.7 Å². The molecule has 0 saturated carbocycles. The SMILES string of the molecule is Cc1c(NC(=O)OCCn2c(O)ccc2O)cn2ncc(C#N)c(Nc3ccc(Oc4ccccc4)cc3)c12. The van der Waals surface area contributed by atoms with Gasteiger partial charge in [-0.25, -0.2) is 9.31 Å². The molecule has 39 heavy (non-hydrogen) atoms. The van der Waals surface area contributed by atoms with Gasteiger partial charge in [0.15, 0.2) is 11.8 Å². The molecule has 0 bridgehead atoms. The van der Waals surface area contributed by atoms with Crippen molar-refractivity contribution in [1.29, 1.82) is 5.26 Å². The van der Waals surface area contributed by atoms with E-state index in [0.717, 1.165) is 11.4 Å². The molecular weight excluding hydrogens is 500 g/mol. The summed E-state index contributed by atoms with van der Waals surface area (Å²) >= 11 is 0. The zero-order valence-electron chi connectivity index (χ0n) is 20.8. The number of aryl methyl sites for hydroxylation is 1. The van der Waals surface area contributed by atoms with Crippen LogP contribution in [0.3, 0.4) is 0 Å². The molecule has 1 amide bonds. The lowest BCUT2D eigenvalue weighted by Gasteiger charge is -2.12. The lowest BCUT2D eigenvalue weighted by Crippen LogP contribution is -2.17. The molecule has 0 saturated heterocycles. The highest BCUT2D eigenvalue weighted by Gasteiger charge is 2.18. The second-order valence-corrected chi connectivity index (χ2v) is 8.53. The first-order valence-corrected chi connectivity index (χ1v) is 11.9. The van der Waals surface area contributed by atoms with Crippen LogP contribution in [0.2, 0.25) is 0 Å². The Morgan fingerprint density at radius 3 is 2.41 bits per heavy atom. The number of carbonyl (C=O) groups excluding carboxylic acids is 1. The van der Waals surface area contributed by atoms with Gasteiger partial charge in [-0.1, -0.05) is 18.2 Å². The Morgan fingerprint density at radius 1 is 1.03 bits per heavy atom. The van der Waals surface area contributed by atoms with E-state index in [1.54, 1.807) is 17.6 Å². The number of hydrogen-bond donors (Lipinski definition) is 4. The third-order valence-electron chi connectivity index (χ3n) is 6.00. The van der Waals surface area contributed by atoms with Crippen molar-refractivity contribution in [2.45, 2.75) is 13.5 Å². The number of aromatic hydroxyl groups is 2. The summed E-state index contributed by atoms with van der Waals surface area (Å²) in [6.07, 6.45) is 2.35. The number of amides is 1. The van der Waals surface area contributed by atoms with Crippen molar-refractivity contribution in [2.75, 3.05) is 17.2 Å². The van der Waals surface area contributed by atoms with E-state index in [9.17, 15) is 20.3 Å². The summed E-state index contributed by atoms with van der Waals surface area (Å²) < 4.78 is 13.8. The van der Waals surface area contributed by atoms with E-state index in [0.29, 0.717) is 33.8 Å². The Labute approximate surface area is 223 Å².